The molecule has 128 valence electrons. The Labute approximate surface area is 146 Å². The number of amides is 1. The van der Waals surface area contributed by atoms with Crippen molar-refractivity contribution in [2.45, 2.75) is 13.0 Å². The lowest BCUT2D eigenvalue weighted by Crippen LogP contribution is -2.42. The topological polar surface area (TPSA) is 60.2 Å². The largest absolute Gasteiger partial charge is 0.367 e. The third-order valence-corrected chi connectivity index (χ3v) is 4.55. The number of pyridine rings is 1. The lowest BCUT2D eigenvalue weighted by molar-refractivity contribution is -0.0278. The van der Waals surface area contributed by atoms with E-state index in [4.69, 9.17) is 4.74 Å². The second kappa shape index (κ2) is 6.29. The van der Waals surface area contributed by atoms with Gasteiger partial charge >= 0.3 is 0 Å². The summed E-state index contributed by atoms with van der Waals surface area (Å²) in [7, 11) is 1.95. The van der Waals surface area contributed by atoms with Crippen LogP contribution in [0.2, 0.25) is 0 Å². The summed E-state index contributed by atoms with van der Waals surface area (Å²) in [6.07, 6.45) is 3.50. The van der Waals surface area contributed by atoms with E-state index in [9.17, 15) is 4.79 Å². The van der Waals surface area contributed by atoms with Crippen molar-refractivity contribution in [2.75, 3.05) is 19.7 Å². The number of fused-ring (bicyclic) bond motifs is 1. The molecule has 4 rings (SSSR count). The molecule has 0 aliphatic carbocycles. The summed E-state index contributed by atoms with van der Waals surface area (Å²) < 4.78 is 7.84. The molecule has 25 heavy (non-hydrogen) atoms. The van der Waals surface area contributed by atoms with Gasteiger partial charge in [-0.3, -0.25) is 9.78 Å². The van der Waals surface area contributed by atoms with Gasteiger partial charge in [-0.05, 0) is 25.1 Å². The molecular weight excluding hydrogens is 316 g/mol. The molecule has 1 aromatic carbocycles. The summed E-state index contributed by atoms with van der Waals surface area (Å²) in [5.74, 6) is 0.868. The zero-order valence-electron chi connectivity index (χ0n) is 14.3. The van der Waals surface area contributed by atoms with Gasteiger partial charge in [-0.25, -0.2) is 4.98 Å². The molecule has 1 amide bonds. The van der Waals surface area contributed by atoms with Crippen molar-refractivity contribution in [1.29, 1.82) is 0 Å². The predicted octanol–water partition coefficient (Wildman–Crippen LogP) is 2.49. The fourth-order valence-corrected chi connectivity index (χ4v) is 3.38. The molecule has 3 heterocycles. The first-order valence-electron chi connectivity index (χ1n) is 8.38. The Morgan fingerprint density at radius 2 is 2.16 bits per heavy atom. The highest BCUT2D eigenvalue weighted by Gasteiger charge is 2.29. The number of rotatable bonds is 2. The normalized spacial score (nSPS) is 17.8. The number of morpholine rings is 1. The molecule has 1 aliphatic heterocycles. The van der Waals surface area contributed by atoms with Crippen molar-refractivity contribution in [3.63, 3.8) is 0 Å². The molecule has 0 saturated carbocycles. The molecule has 2 aromatic heterocycles. The van der Waals surface area contributed by atoms with E-state index in [0.717, 1.165) is 22.4 Å². The maximum absolute atomic E-state index is 13.1. The van der Waals surface area contributed by atoms with Crippen LogP contribution in [0, 0.1) is 6.92 Å². The van der Waals surface area contributed by atoms with Crippen LogP contribution in [0.15, 0.2) is 42.7 Å². The van der Waals surface area contributed by atoms with Crippen LogP contribution >= 0.6 is 0 Å². The van der Waals surface area contributed by atoms with Crippen molar-refractivity contribution < 1.29 is 9.53 Å². The van der Waals surface area contributed by atoms with Crippen molar-refractivity contribution >= 4 is 16.8 Å². The number of carbonyl (C=O) groups excluding carboxylic acids is 1. The van der Waals surface area contributed by atoms with E-state index >= 15 is 0 Å². The van der Waals surface area contributed by atoms with Gasteiger partial charge in [0.2, 0.25) is 0 Å². The molecule has 1 unspecified atom stereocenters. The second-order valence-corrected chi connectivity index (χ2v) is 6.34. The third-order valence-electron chi connectivity index (χ3n) is 4.55. The van der Waals surface area contributed by atoms with Crippen LogP contribution in [-0.4, -0.2) is 45.0 Å². The van der Waals surface area contributed by atoms with E-state index in [2.05, 4.69) is 9.97 Å². The van der Waals surface area contributed by atoms with E-state index < -0.39 is 0 Å². The van der Waals surface area contributed by atoms with Gasteiger partial charge in [0.15, 0.2) is 0 Å². The number of ether oxygens (including phenoxy) is 1. The van der Waals surface area contributed by atoms with Gasteiger partial charge in [-0.1, -0.05) is 12.1 Å². The minimum atomic E-state index is -0.204. The van der Waals surface area contributed by atoms with Crippen LogP contribution < -0.4 is 0 Å². The first kappa shape index (κ1) is 15.8. The fraction of sp³-hybridized carbons (Fsp3) is 0.316. The SMILES string of the molecule is Cc1cn(C)c(C2CN(C(=O)c3cccc4ncccc34)CCO2)n1. The van der Waals surface area contributed by atoms with Crippen molar-refractivity contribution in [2.24, 2.45) is 7.05 Å². The van der Waals surface area contributed by atoms with Gasteiger partial charge in [-0.15, -0.1) is 0 Å². The minimum absolute atomic E-state index is 0.0119. The average Bonchev–Trinajstić information content (AvgIpc) is 2.99. The highest BCUT2D eigenvalue weighted by molar-refractivity contribution is 6.06. The average molecular weight is 336 g/mol. The van der Waals surface area contributed by atoms with Crippen LogP contribution in [0.5, 0.6) is 0 Å². The molecule has 6 nitrogen and oxygen atoms in total. The molecule has 6 heteroatoms. The molecule has 1 aliphatic rings. The quantitative estimate of drug-likeness (QED) is 0.721. The summed E-state index contributed by atoms with van der Waals surface area (Å²) in [5, 5.41) is 0.880. The van der Waals surface area contributed by atoms with Crippen LogP contribution in [-0.2, 0) is 11.8 Å². The minimum Gasteiger partial charge on any atom is -0.367 e. The summed E-state index contributed by atoms with van der Waals surface area (Å²) in [6, 6.07) is 9.46. The molecule has 3 aromatic rings. The summed E-state index contributed by atoms with van der Waals surface area (Å²) >= 11 is 0. The molecule has 0 N–H and O–H groups in total. The summed E-state index contributed by atoms with van der Waals surface area (Å²) in [5.41, 5.74) is 2.46. The highest BCUT2D eigenvalue weighted by Crippen LogP contribution is 2.24. The van der Waals surface area contributed by atoms with Crippen molar-refractivity contribution in [1.82, 2.24) is 19.4 Å². The van der Waals surface area contributed by atoms with Gasteiger partial charge in [0.25, 0.3) is 5.91 Å². The second-order valence-electron chi connectivity index (χ2n) is 6.34. The first-order chi connectivity index (χ1) is 12.1. The number of aromatic nitrogens is 3. The maximum Gasteiger partial charge on any atom is 0.254 e. The summed E-state index contributed by atoms with van der Waals surface area (Å²) in [6.45, 7) is 3.54. The zero-order valence-corrected chi connectivity index (χ0v) is 14.3. The Bertz CT molecular complexity index is 929. The van der Waals surface area contributed by atoms with Gasteiger partial charge in [0, 0.05) is 36.9 Å². The molecule has 0 spiro atoms. The lowest BCUT2D eigenvalue weighted by atomic mass is 10.1. The molecule has 1 fully saturated rings. The highest BCUT2D eigenvalue weighted by atomic mass is 16.5. The monoisotopic (exact) mass is 336 g/mol. The van der Waals surface area contributed by atoms with Gasteiger partial charge in [0.1, 0.15) is 11.9 Å². The Hall–Kier alpha value is -2.73. The zero-order chi connectivity index (χ0) is 17.4. The van der Waals surface area contributed by atoms with Crippen LogP contribution in [0.4, 0.5) is 0 Å². The number of hydrogen-bond donors (Lipinski definition) is 0. The van der Waals surface area contributed by atoms with E-state index in [-0.39, 0.29) is 12.0 Å². The standard InChI is InChI=1S/C19H20N4O2/c1-13-11-22(2)18(21-13)17-12-23(9-10-25-17)19(24)15-5-3-7-16-14(15)6-4-8-20-16/h3-8,11,17H,9-10,12H2,1-2H3. The van der Waals surface area contributed by atoms with E-state index in [1.54, 1.807) is 6.20 Å². The molecule has 1 saturated heterocycles. The van der Waals surface area contributed by atoms with E-state index in [1.165, 1.54) is 0 Å². The number of benzene rings is 1. The Morgan fingerprint density at radius 3 is 2.96 bits per heavy atom. The molecule has 0 radical (unpaired) electrons. The first-order valence-corrected chi connectivity index (χ1v) is 8.38. The fourth-order valence-electron chi connectivity index (χ4n) is 3.38. The Morgan fingerprint density at radius 1 is 1.28 bits per heavy atom. The Balaban J connectivity index is 1.62. The number of imidazole rings is 1. The van der Waals surface area contributed by atoms with Crippen LogP contribution in [0.3, 0.4) is 0 Å². The smallest absolute Gasteiger partial charge is 0.254 e. The Kier molecular flexibility index (Phi) is 3.97. The number of nitrogens with zero attached hydrogens (tertiary/aromatic N) is 4. The molecule has 0 bridgehead atoms. The third kappa shape index (κ3) is 2.89. The number of carbonyl (C=O) groups is 1. The molecule has 1 atom stereocenters. The van der Waals surface area contributed by atoms with Crippen molar-refractivity contribution in [3.05, 3.63) is 59.8 Å². The van der Waals surface area contributed by atoms with Crippen LogP contribution in [0.1, 0.15) is 28.0 Å². The van der Waals surface area contributed by atoms with Gasteiger partial charge < -0.3 is 14.2 Å². The number of aryl methyl sites for hydroxylation is 2. The van der Waals surface area contributed by atoms with Crippen molar-refractivity contribution in [3.8, 4) is 0 Å². The summed E-state index contributed by atoms with van der Waals surface area (Å²) in [4.78, 5) is 23.8. The predicted molar refractivity (Wildman–Crippen MR) is 94.3 cm³/mol. The van der Waals surface area contributed by atoms with Gasteiger partial charge in [-0.2, -0.15) is 0 Å². The van der Waals surface area contributed by atoms with E-state index in [1.807, 2.05) is 60.0 Å². The number of hydrogen-bond acceptors (Lipinski definition) is 4. The van der Waals surface area contributed by atoms with E-state index in [0.29, 0.717) is 25.3 Å². The molecular formula is C19H20N4O2. The van der Waals surface area contributed by atoms with Gasteiger partial charge in [0.05, 0.1) is 24.4 Å². The van der Waals surface area contributed by atoms with Crippen LogP contribution in [0.25, 0.3) is 10.9 Å². The maximum atomic E-state index is 13.1. The lowest BCUT2D eigenvalue weighted by Gasteiger charge is -2.32.